The fourth-order valence-electron chi connectivity index (χ4n) is 2.87. The summed E-state index contributed by atoms with van der Waals surface area (Å²) < 4.78 is 0. The highest BCUT2D eigenvalue weighted by atomic mass is 15.2. The lowest BCUT2D eigenvalue weighted by Crippen LogP contribution is -2.23. The monoisotopic (exact) mass is 224 g/mol. The van der Waals surface area contributed by atoms with Crippen LogP contribution >= 0.6 is 0 Å². The first-order valence-corrected chi connectivity index (χ1v) is 6.49. The van der Waals surface area contributed by atoms with E-state index in [4.69, 9.17) is 0 Å². The number of benzene rings is 2. The molecule has 0 aromatic heterocycles. The van der Waals surface area contributed by atoms with Crippen LogP contribution in [0.15, 0.2) is 36.4 Å². The van der Waals surface area contributed by atoms with Crippen LogP contribution in [-0.2, 0) is 0 Å². The van der Waals surface area contributed by atoms with Gasteiger partial charge < -0.3 is 0 Å². The molecule has 1 nitrogen and oxygen atoms in total. The van der Waals surface area contributed by atoms with Crippen LogP contribution in [0.2, 0.25) is 0 Å². The first-order chi connectivity index (χ1) is 8.36. The zero-order valence-corrected chi connectivity index (χ0v) is 10.3. The Bertz CT molecular complexity index is 506. The number of likely N-dealkylation sites (tertiary alicyclic amines) is 1. The van der Waals surface area contributed by atoms with Crippen LogP contribution in [0.1, 0.15) is 31.4 Å². The minimum atomic E-state index is 0.525. The highest BCUT2D eigenvalue weighted by Crippen LogP contribution is 2.29. The quantitative estimate of drug-likeness (QED) is 0.750. The van der Waals surface area contributed by atoms with Crippen LogP contribution in [0.4, 0.5) is 0 Å². The molecule has 0 amide bonds. The lowest BCUT2D eigenvalue weighted by molar-refractivity contribution is 0.264. The molecule has 1 aliphatic heterocycles. The topological polar surface area (TPSA) is 3.24 Å². The number of hydrogen-bond donors (Lipinski definition) is 0. The van der Waals surface area contributed by atoms with Gasteiger partial charge in [-0.15, -0.1) is 0 Å². The highest BCUT2D eigenvalue weighted by molar-refractivity contribution is 5.85. The molecule has 0 aliphatic carbocycles. The van der Waals surface area contributed by atoms with Crippen molar-refractivity contribution in [1.82, 2.24) is 4.90 Å². The Labute approximate surface area is 103 Å². The number of rotatable bonds is 2. The molecule has 1 heterocycles. The fourth-order valence-corrected chi connectivity index (χ4v) is 2.87. The summed E-state index contributed by atoms with van der Waals surface area (Å²) in [4.78, 5) is 2.59. The third-order valence-electron chi connectivity index (χ3n) is 3.90. The first-order valence-electron chi connectivity index (χ1n) is 6.49. The Morgan fingerprint density at radius 1 is 1.18 bits per heavy atom. The molecule has 1 unspecified atom stereocenters. The molecule has 1 saturated heterocycles. The van der Waals surface area contributed by atoms with Crippen molar-refractivity contribution in [2.45, 2.75) is 25.8 Å². The van der Waals surface area contributed by atoms with Crippen molar-refractivity contribution in [1.29, 1.82) is 0 Å². The van der Waals surface area contributed by atoms with Crippen molar-refractivity contribution in [3.63, 3.8) is 0 Å². The van der Waals surface area contributed by atoms with Crippen molar-refractivity contribution in [3.8, 4) is 0 Å². The van der Waals surface area contributed by atoms with E-state index in [0.29, 0.717) is 6.04 Å². The van der Waals surface area contributed by atoms with Crippen molar-refractivity contribution in [2.24, 2.45) is 0 Å². The molecule has 17 heavy (non-hydrogen) atoms. The molecule has 0 spiro atoms. The van der Waals surface area contributed by atoms with Gasteiger partial charge in [-0.25, -0.2) is 0 Å². The van der Waals surface area contributed by atoms with E-state index in [9.17, 15) is 0 Å². The molecular weight excluding hydrogens is 206 g/mol. The molecule has 3 rings (SSSR count). The Morgan fingerprint density at radius 3 is 2.82 bits per heavy atom. The first kappa shape index (κ1) is 10.8. The third-order valence-corrected chi connectivity index (χ3v) is 3.90. The Hall–Kier alpha value is -1.34. The number of nitrogens with zero attached hydrogens (tertiary/aromatic N) is 1. The Balaban J connectivity index is 2.04. The molecule has 1 radical (unpaired) electrons. The highest BCUT2D eigenvalue weighted by Gasteiger charge is 2.20. The Kier molecular flexibility index (Phi) is 2.86. The average Bonchev–Trinajstić information content (AvgIpc) is 2.91. The standard InChI is InChI=1S/C16H18N/c1-13(17-11-4-5-12-17)15-10-6-8-14-7-2-3-9-16(14)15/h2,6-10,13H,4-5,11-12H2,1H3. The minimum Gasteiger partial charge on any atom is -0.297 e. The van der Waals surface area contributed by atoms with Gasteiger partial charge in [0.2, 0.25) is 0 Å². The van der Waals surface area contributed by atoms with Gasteiger partial charge in [0, 0.05) is 6.04 Å². The van der Waals surface area contributed by atoms with Crippen molar-refractivity contribution in [2.75, 3.05) is 13.1 Å². The van der Waals surface area contributed by atoms with Gasteiger partial charge in [-0.05, 0) is 61.3 Å². The minimum absolute atomic E-state index is 0.525. The van der Waals surface area contributed by atoms with E-state index in [1.165, 1.54) is 42.3 Å². The van der Waals surface area contributed by atoms with Crippen LogP contribution < -0.4 is 0 Å². The molecule has 1 aliphatic rings. The van der Waals surface area contributed by atoms with Crippen molar-refractivity contribution >= 4 is 10.8 Å². The summed E-state index contributed by atoms with van der Waals surface area (Å²) in [5.41, 5.74) is 1.45. The van der Waals surface area contributed by atoms with E-state index in [-0.39, 0.29) is 0 Å². The lowest BCUT2D eigenvalue weighted by Gasteiger charge is -2.25. The van der Waals surface area contributed by atoms with Crippen LogP contribution in [0, 0.1) is 6.07 Å². The van der Waals surface area contributed by atoms with E-state index in [1.54, 1.807) is 0 Å². The van der Waals surface area contributed by atoms with Crippen LogP contribution in [0.5, 0.6) is 0 Å². The summed E-state index contributed by atoms with van der Waals surface area (Å²) >= 11 is 0. The second-order valence-electron chi connectivity index (χ2n) is 4.91. The number of fused-ring (bicyclic) bond motifs is 1. The van der Waals surface area contributed by atoms with Gasteiger partial charge in [0.05, 0.1) is 0 Å². The van der Waals surface area contributed by atoms with Crippen LogP contribution in [0.25, 0.3) is 10.8 Å². The van der Waals surface area contributed by atoms with E-state index in [1.807, 2.05) is 6.07 Å². The van der Waals surface area contributed by atoms with E-state index < -0.39 is 0 Å². The largest absolute Gasteiger partial charge is 0.297 e. The summed E-state index contributed by atoms with van der Waals surface area (Å²) in [6.45, 7) is 4.81. The van der Waals surface area contributed by atoms with E-state index in [2.05, 4.69) is 48.2 Å². The maximum Gasteiger partial charge on any atom is 0.0326 e. The molecule has 0 bridgehead atoms. The van der Waals surface area contributed by atoms with Crippen molar-refractivity contribution in [3.05, 3.63) is 48.0 Å². The smallest absolute Gasteiger partial charge is 0.0326 e. The third kappa shape index (κ3) is 1.96. The SMILES string of the molecule is CC(c1cccc2cc[c]cc12)N1CCCC1. The molecule has 1 atom stereocenters. The fraction of sp³-hybridized carbons (Fsp3) is 0.375. The van der Waals surface area contributed by atoms with Gasteiger partial charge in [-0.1, -0.05) is 30.3 Å². The van der Waals surface area contributed by atoms with Crippen LogP contribution in [0.3, 0.4) is 0 Å². The zero-order valence-electron chi connectivity index (χ0n) is 10.3. The summed E-state index contributed by atoms with van der Waals surface area (Å²) in [6, 6.07) is 16.6. The lowest BCUT2D eigenvalue weighted by atomic mass is 9.99. The zero-order chi connectivity index (χ0) is 11.7. The Morgan fingerprint density at radius 2 is 2.00 bits per heavy atom. The predicted molar refractivity (Wildman–Crippen MR) is 72.0 cm³/mol. The van der Waals surface area contributed by atoms with Gasteiger partial charge in [0.25, 0.3) is 0 Å². The molecule has 1 fully saturated rings. The molecule has 0 saturated carbocycles. The predicted octanol–water partition coefficient (Wildman–Crippen LogP) is 3.80. The maximum atomic E-state index is 3.20. The normalized spacial score (nSPS) is 18.6. The molecule has 0 N–H and O–H groups in total. The van der Waals surface area contributed by atoms with Gasteiger partial charge in [-0.2, -0.15) is 0 Å². The van der Waals surface area contributed by atoms with Crippen LogP contribution in [-0.4, -0.2) is 18.0 Å². The maximum absolute atomic E-state index is 3.20. The molecule has 2 aromatic carbocycles. The second kappa shape index (κ2) is 4.50. The van der Waals surface area contributed by atoms with E-state index in [0.717, 1.165) is 0 Å². The van der Waals surface area contributed by atoms with Gasteiger partial charge in [0.1, 0.15) is 0 Å². The average molecular weight is 224 g/mol. The van der Waals surface area contributed by atoms with E-state index >= 15 is 0 Å². The second-order valence-corrected chi connectivity index (χ2v) is 4.91. The van der Waals surface area contributed by atoms with Gasteiger partial charge >= 0.3 is 0 Å². The summed E-state index contributed by atoms with van der Waals surface area (Å²) in [5, 5.41) is 2.68. The summed E-state index contributed by atoms with van der Waals surface area (Å²) in [7, 11) is 0. The molecule has 1 heteroatoms. The van der Waals surface area contributed by atoms with Crippen molar-refractivity contribution < 1.29 is 0 Å². The molecule has 2 aromatic rings. The summed E-state index contributed by atoms with van der Waals surface area (Å²) in [6.07, 6.45) is 2.70. The molecule has 87 valence electrons. The number of hydrogen-bond acceptors (Lipinski definition) is 1. The summed E-state index contributed by atoms with van der Waals surface area (Å²) in [5.74, 6) is 0. The molecular formula is C16H18N. The van der Waals surface area contributed by atoms with Gasteiger partial charge in [0.15, 0.2) is 0 Å². The van der Waals surface area contributed by atoms with Gasteiger partial charge in [-0.3, -0.25) is 4.90 Å².